The third kappa shape index (κ3) is 4.72. The number of tetrazole rings is 1. The molecule has 0 aromatic carbocycles. The quantitative estimate of drug-likeness (QED) is 0.808. The molecule has 2 rings (SSSR count). The summed E-state index contributed by atoms with van der Waals surface area (Å²) >= 11 is 0. The summed E-state index contributed by atoms with van der Waals surface area (Å²) in [4.78, 5) is 5.64. The first kappa shape index (κ1) is 17.3. The van der Waals surface area contributed by atoms with Crippen molar-refractivity contribution in [3.8, 4) is 5.75 Å². The lowest BCUT2D eigenvalue weighted by atomic mass is 10.1. The van der Waals surface area contributed by atoms with Crippen LogP contribution in [0.4, 0.5) is 0 Å². The Morgan fingerprint density at radius 3 is 2.48 bits per heavy atom. The zero-order chi connectivity index (χ0) is 17.3. The van der Waals surface area contributed by atoms with Crippen molar-refractivity contribution in [1.29, 1.82) is 0 Å². The molecular formula is C14H21N5O3S. The molecule has 2 aromatic rings. The maximum absolute atomic E-state index is 12.3. The summed E-state index contributed by atoms with van der Waals surface area (Å²) in [5, 5.41) is 11.8. The molecule has 0 fully saturated rings. The Bertz CT molecular complexity index is 793. The van der Waals surface area contributed by atoms with Crippen molar-refractivity contribution >= 4 is 9.84 Å². The Morgan fingerprint density at radius 2 is 1.91 bits per heavy atom. The molecule has 0 bridgehead atoms. The van der Waals surface area contributed by atoms with Crippen LogP contribution in [0.3, 0.4) is 0 Å². The lowest BCUT2D eigenvalue weighted by Crippen LogP contribution is -2.24. The first-order valence-corrected chi connectivity index (χ1v) is 8.92. The van der Waals surface area contributed by atoms with Gasteiger partial charge in [-0.1, -0.05) is 0 Å². The van der Waals surface area contributed by atoms with E-state index in [0.717, 1.165) is 0 Å². The van der Waals surface area contributed by atoms with Gasteiger partial charge in [-0.25, -0.2) is 8.42 Å². The topological polar surface area (TPSA) is 99.9 Å². The van der Waals surface area contributed by atoms with Crippen molar-refractivity contribution in [2.24, 2.45) is 0 Å². The highest BCUT2D eigenvalue weighted by molar-refractivity contribution is 7.89. The van der Waals surface area contributed by atoms with E-state index in [2.05, 4.69) is 20.4 Å². The molecule has 8 nitrogen and oxygen atoms in total. The molecule has 0 aliphatic carbocycles. The number of hydrogen-bond donors (Lipinski definition) is 0. The van der Waals surface area contributed by atoms with Crippen molar-refractivity contribution in [3.63, 3.8) is 0 Å². The SMILES string of the molecule is COc1cc(C)nc(CS(=O)(=O)Cc2nnn(C(C)(C)C)n2)c1. The highest BCUT2D eigenvalue weighted by Gasteiger charge is 2.21. The lowest BCUT2D eigenvalue weighted by molar-refractivity contribution is 0.305. The van der Waals surface area contributed by atoms with Gasteiger partial charge in [-0.2, -0.15) is 4.80 Å². The summed E-state index contributed by atoms with van der Waals surface area (Å²) < 4.78 is 29.8. The van der Waals surface area contributed by atoms with Crippen molar-refractivity contribution in [3.05, 3.63) is 29.3 Å². The smallest absolute Gasteiger partial charge is 0.189 e. The van der Waals surface area contributed by atoms with E-state index in [1.165, 1.54) is 11.9 Å². The van der Waals surface area contributed by atoms with Crippen LogP contribution < -0.4 is 4.74 Å². The normalized spacial score (nSPS) is 12.4. The first-order valence-electron chi connectivity index (χ1n) is 7.10. The summed E-state index contributed by atoms with van der Waals surface area (Å²) in [7, 11) is -1.93. The van der Waals surface area contributed by atoms with Crippen molar-refractivity contribution < 1.29 is 13.2 Å². The summed E-state index contributed by atoms with van der Waals surface area (Å²) in [5.41, 5.74) is 0.789. The van der Waals surface area contributed by atoms with Crippen LogP contribution >= 0.6 is 0 Å². The molecule has 0 spiro atoms. The van der Waals surface area contributed by atoms with Crippen LogP contribution in [0, 0.1) is 6.92 Å². The monoisotopic (exact) mass is 339 g/mol. The zero-order valence-corrected chi connectivity index (χ0v) is 14.8. The molecule has 0 aliphatic rings. The number of rotatable bonds is 5. The molecular weight excluding hydrogens is 318 g/mol. The summed E-state index contributed by atoms with van der Waals surface area (Å²) in [6.07, 6.45) is 0. The molecule has 9 heteroatoms. The Balaban J connectivity index is 2.16. The number of pyridine rings is 1. The van der Waals surface area contributed by atoms with Crippen LogP contribution in [-0.4, -0.2) is 40.7 Å². The maximum Gasteiger partial charge on any atom is 0.189 e. The van der Waals surface area contributed by atoms with E-state index in [9.17, 15) is 8.42 Å². The van der Waals surface area contributed by atoms with Crippen LogP contribution in [0.15, 0.2) is 12.1 Å². The highest BCUT2D eigenvalue weighted by atomic mass is 32.2. The molecule has 0 saturated heterocycles. The average molecular weight is 339 g/mol. The molecule has 23 heavy (non-hydrogen) atoms. The van der Waals surface area contributed by atoms with Crippen molar-refractivity contribution in [2.45, 2.75) is 44.7 Å². The molecule has 0 aliphatic heterocycles. The fraction of sp³-hybridized carbons (Fsp3) is 0.571. The molecule has 2 heterocycles. The van der Waals surface area contributed by atoms with Crippen molar-refractivity contribution in [2.75, 3.05) is 7.11 Å². The standard InChI is InChI=1S/C14H21N5O3S/c1-10-6-12(22-5)7-11(15-10)8-23(20,21)9-13-16-18-19(17-13)14(2,3)4/h6-7H,8-9H2,1-5H3. The zero-order valence-electron chi connectivity index (χ0n) is 13.9. The highest BCUT2D eigenvalue weighted by Crippen LogP contribution is 2.17. The lowest BCUT2D eigenvalue weighted by Gasteiger charge is -2.15. The summed E-state index contributed by atoms with van der Waals surface area (Å²) in [6.45, 7) is 7.52. The van der Waals surface area contributed by atoms with E-state index in [0.29, 0.717) is 17.1 Å². The second-order valence-electron chi connectivity index (χ2n) is 6.34. The Labute approximate surface area is 135 Å². The molecule has 0 atom stereocenters. The molecule has 2 aromatic heterocycles. The minimum Gasteiger partial charge on any atom is -0.497 e. The Hall–Kier alpha value is -2.03. The van der Waals surface area contributed by atoms with Gasteiger partial charge in [-0.3, -0.25) is 4.98 Å². The van der Waals surface area contributed by atoms with Gasteiger partial charge in [0.05, 0.1) is 24.1 Å². The first-order chi connectivity index (χ1) is 10.6. The maximum atomic E-state index is 12.3. The molecule has 0 saturated carbocycles. The summed E-state index contributed by atoms with van der Waals surface area (Å²) in [6, 6.07) is 3.36. The molecule has 0 radical (unpaired) electrons. The fourth-order valence-corrected chi connectivity index (χ4v) is 3.16. The van der Waals surface area contributed by atoms with E-state index in [1.54, 1.807) is 19.1 Å². The van der Waals surface area contributed by atoms with Gasteiger partial charge >= 0.3 is 0 Å². The van der Waals surface area contributed by atoms with Crippen molar-refractivity contribution in [1.82, 2.24) is 25.2 Å². The minimum atomic E-state index is -3.46. The second-order valence-corrected chi connectivity index (χ2v) is 8.40. The van der Waals surface area contributed by atoms with Gasteiger partial charge in [0.25, 0.3) is 0 Å². The summed E-state index contributed by atoms with van der Waals surface area (Å²) in [5.74, 6) is 0.287. The van der Waals surface area contributed by atoms with Gasteiger partial charge in [-0.15, -0.1) is 10.2 Å². The van der Waals surface area contributed by atoms with E-state index in [1.807, 2.05) is 20.8 Å². The van der Waals surface area contributed by atoms with E-state index in [-0.39, 0.29) is 22.9 Å². The van der Waals surface area contributed by atoms with Crippen LogP contribution in [0.25, 0.3) is 0 Å². The molecule has 126 valence electrons. The number of methoxy groups -OCH3 is 1. The number of aromatic nitrogens is 5. The van der Waals surface area contributed by atoms with Gasteiger partial charge in [0.15, 0.2) is 15.7 Å². The van der Waals surface area contributed by atoms with E-state index in [4.69, 9.17) is 4.74 Å². The second kappa shape index (κ2) is 6.23. The van der Waals surface area contributed by atoms with Gasteiger partial charge < -0.3 is 4.74 Å². The van der Waals surface area contributed by atoms with Crippen LogP contribution in [0.2, 0.25) is 0 Å². The van der Waals surface area contributed by atoms with Gasteiger partial charge in [0.1, 0.15) is 11.5 Å². The number of nitrogens with zero attached hydrogens (tertiary/aromatic N) is 5. The third-order valence-corrected chi connectivity index (χ3v) is 4.42. The number of aryl methyl sites for hydroxylation is 1. The molecule has 0 unspecified atom stereocenters. The van der Waals surface area contributed by atoms with Gasteiger partial charge in [0, 0.05) is 17.8 Å². The number of ether oxygens (including phenoxy) is 1. The van der Waals surface area contributed by atoms with E-state index < -0.39 is 9.84 Å². The number of hydrogen-bond acceptors (Lipinski definition) is 7. The van der Waals surface area contributed by atoms with Crippen LogP contribution in [0.5, 0.6) is 5.75 Å². The predicted molar refractivity (Wildman–Crippen MR) is 84.7 cm³/mol. The fourth-order valence-electron chi connectivity index (χ4n) is 1.95. The van der Waals surface area contributed by atoms with Gasteiger partial charge in [-0.05, 0) is 32.9 Å². The van der Waals surface area contributed by atoms with Crippen LogP contribution in [0.1, 0.15) is 38.0 Å². The largest absolute Gasteiger partial charge is 0.497 e. The molecule has 0 N–H and O–H groups in total. The predicted octanol–water partition coefficient (Wildman–Crippen LogP) is 1.26. The number of sulfone groups is 1. The third-order valence-electron chi connectivity index (χ3n) is 2.99. The Morgan fingerprint density at radius 1 is 1.22 bits per heavy atom. The van der Waals surface area contributed by atoms with Gasteiger partial charge in [0.2, 0.25) is 0 Å². The Kier molecular flexibility index (Phi) is 4.69. The minimum absolute atomic E-state index is 0.180. The van der Waals surface area contributed by atoms with E-state index >= 15 is 0 Å². The van der Waals surface area contributed by atoms with Crippen LogP contribution in [-0.2, 0) is 26.9 Å². The molecule has 0 amide bonds. The average Bonchev–Trinajstić information content (AvgIpc) is 2.84.